The fourth-order valence-corrected chi connectivity index (χ4v) is 2.47. The Labute approximate surface area is 141 Å². The number of aromatic hydroxyl groups is 1. The number of benzene rings is 2. The molecule has 4 nitrogen and oxygen atoms in total. The van der Waals surface area contributed by atoms with Gasteiger partial charge in [-0.05, 0) is 42.0 Å². The van der Waals surface area contributed by atoms with Crippen LogP contribution in [0.4, 0.5) is 0 Å². The molecule has 0 atom stereocenters. The van der Waals surface area contributed by atoms with Gasteiger partial charge in [-0.15, -0.1) is 0 Å². The number of carbonyl (C=O) groups is 1. The number of rotatable bonds is 3. The Kier molecular flexibility index (Phi) is 4.21. The van der Waals surface area contributed by atoms with Gasteiger partial charge in [0.05, 0.1) is 12.7 Å². The summed E-state index contributed by atoms with van der Waals surface area (Å²) in [6.45, 7) is 0. The predicted molar refractivity (Wildman–Crippen MR) is 90.8 cm³/mol. The molecular weight excluding hydrogens is 360 g/mol. The van der Waals surface area contributed by atoms with Crippen LogP contribution in [0.3, 0.4) is 0 Å². The van der Waals surface area contributed by atoms with E-state index in [1.54, 1.807) is 24.3 Å². The second-order valence-electron chi connectivity index (χ2n) is 4.94. The molecule has 0 unspecified atom stereocenters. The van der Waals surface area contributed by atoms with E-state index in [1.807, 2.05) is 24.3 Å². The van der Waals surface area contributed by atoms with Crippen molar-refractivity contribution in [2.75, 3.05) is 7.11 Å². The molecule has 1 N–H and O–H groups in total. The fraction of sp³-hybridized carbons (Fsp3) is 0.0556. The van der Waals surface area contributed by atoms with Crippen LogP contribution < -0.4 is 4.74 Å². The molecule has 0 spiro atoms. The van der Waals surface area contributed by atoms with Crippen LogP contribution in [0.25, 0.3) is 11.8 Å². The molecule has 0 saturated heterocycles. The van der Waals surface area contributed by atoms with E-state index in [2.05, 4.69) is 15.9 Å². The highest BCUT2D eigenvalue weighted by atomic mass is 79.9. The molecule has 0 bridgehead atoms. The van der Waals surface area contributed by atoms with Gasteiger partial charge in [0.15, 0.2) is 11.5 Å². The lowest BCUT2D eigenvalue weighted by atomic mass is 10.1. The zero-order valence-electron chi connectivity index (χ0n) is 12.2. The van der Waals surface area contributed by atoms with E-state index in [0.29, 0.717) is 17.1 Å². The summed E-state index contributed by atoms with van der Waals surface area (Å²) >= 11 is 3.37. The zero-order chi connectivity index (χ0) is 16.4. The molecule has 116 valence electrons. The van der Waals surface area contributed by atoms with Crippen LogP contribution >= 0.6 is 15.9 Å². The number of halogens is 1. The van der Waals surface area contributed by atoms with Crippen LogP contribution in [-0.2, 0) is 9.53 Å². The van der Waals surface area contributed by atoms with E-state index >= 15 is 0 Å². The summed E-state index contributed by atoms with van der Waals surface area (Å²) in [6.07, 6.45) is 3.39. The average molecular weight is 373 g/mol. The van der Waals surface area contributed by atoms with Crippen molar-refractivity contribution in [2.24, 2.45) is 0 Å². The van der Waals surface area contributed by atoms with Gasteiger partial charge in [-0.2, -0.15) is 0 Å². The topological polar surface area (TPSA) is 55.8 Å². The molecule has 0 amide bonds. The summed E-state index contributed by atoms with van der Waals surface area (Å²) in [4.78, 5) is 12.0. The second kappa shape index (κ2) is 6.30. The summed E-state index contributed by atoms with van der Waals surface area (Å²) in [5, 5.41) is 9.61. The van der Waals surface area contributed by atoms with Gasteiger partial charge < -0.3 is 14.6 Å². The van der Waals surface area contributed by atoms with Gasteiger partial charge in [0.25, 0.3) is 0 Å². The van der Waals surface area contributed by atoms with Crippen LogP contribution in [0.5, 0.6) is 11.5 Å². The Morgan fingerprint density at radius 3 is 2.61 bits per heavy atom. The maximum absolute atomic E-state index is 12.0. The molecule has 5 heteroatoms. The van der Waals surface area contributed by atoms with Gasteiger partial charge in [0.1, 0.15) is 5.76 Å². The monoisotopic (exact) mass is 372 g/mol. The molecule has 0 aromatic heterocycles. The van der Waals surface area contributed by atoms with Gasteiger partial charge in [0, 0.05) is 10.0 Å². The number of carbonyl (C=O) groups excluding carboxylic acids is 1. The number of methoxy groups -OCH3 is 1. The highest BCUT2D eigenvalue weighted by Gasteiger charge is 2.22. The fourth-order valence-electron chi connectivity index (χ4n) is 2.21. The van der Waals surface area contributed by atoms with Crippen LogP contribution in [0.15, 0.2) is 58.6 Å². The Balaban J connectivity index is 1.93. The smallest absolute Gasteiger partial charge is 0.343 e. The van der Waals surface area contributed by atoms with Crippen molar-refractivity contribution in [3.63, 3.8) is 0 Å². The largest absolute Gasteiger partial charge is 0.504 e. The number of hydrogen-bond acceptors (Lipinski definition) is 4. The molecule has 0 saturated carbocycles. The lowest BCUT2D eigenvalue weighted by Crippen LogP contribution is -1.97. The van der Waals surface area contributed by atoms with E-state index in [-0.39, 0.29) is 5.75 Å². The zero-order valence-corrected chi connectivity index (χ0v) is 13.8. The lowest BCUT2D eigenvalue weighted by Gasteiger charge is -2.03. The van der Waals surface area contributed by atoms with Crippen molar-refractivity contribution in [2.45, 2.75) is 0 Å². The quantitative estimate of drug-likeness (QED) is 0.649. The van der Waals surface area contributed by atoms with E-state index < -0.39 is 5.97 Å². The average Bonchev–Trinajstić information content (AvgIpc) is 2.91. The number of ether oxygens (including phenoxy) is 2. The minimum absolute atomic E-state index is 0.0507. The molecule has 1 aliphatic heterocycles. The minimum atomic E-state index is -0.407. The maximum Gasteiger partial charge on any atom is 0.343 e. The van der Waals surface area contributed by atoms with Crippen molar-refractivity contribution >= 4 is 33.7 Å². The summed E-state index contributed by atoms with van der Waals surface area (Å²) in [5.41, 5.74) is 2.00. The second-order valence-corrected chi connectivity index (χ2v) is 5.85. The van der Waals surface area contributed by atoms with E-state index in [4.69, 9.17) is 9.47 Å². The van der Waals surface area contributed by atoms with Crippen LogP contribution in [0, 0.1) is 0 Å². The van der Waals surface area contributed by atoms with Crippen molar-refractivity contribution in [3.05, 3.63) is 69.7 Å². The van der Waals surface area contributed by atoms with Crippen LogP contribution in [0.2, 0.25) is 0 Å². The molecule has 1 heterocycles. The number of phenols is 1. The van der Waals surface area contributed by atoms with Gasteiger partial charge in [-0.1, -0.05) is 34.1 Å². The first-order valence-corrected chi connectivity index (χ1v) is 7.64. The Morgan fingerprint density at radius 2 is 1.91 bits per heavy atom. The molecule has 1 aliphatic rings. The molecule has 23 heavy (non-hydrogen) atoms. The van der Waals surface area contributed by atoms with E-state index in [9.17, 15) is 9.90 Å². The maximum atomic E-state index is 12.0. The molecule has 3 rings (SSSR count). The minimum Gasteiger partial charge on any atom is -0.504 e. The molecular formula is C18H13BrO4. The number of hydrogen-bond donors (Lipinski definition) is 1. The Hall–Kier alpha value is -2.53. The normalized spacial score (nSPS) is 15.5. The van der Waals surface area contributed by atoms with Gasteiger partial charge in [-0.25, -0.2) is 4.79 Å². The molecule has 0 aliphatic carbocycles. The van der Waals surface area contributed by atoms with Crippen LogP contribution in [0.1, 0.15) is 11.1 Å². The third kappa shape index (κ3) is 3.29. The summed E-state index contributed by atoms with van der Waals surface area (Å²) in [6, 6.07) is 12.4. The first-order valence-electron chi connectivity index (χ1n) is 6.85. The predicted octanol–water partition coefficient (Wildman–Crippen LogP) is 4.14. The van der Waals surface area contributed by atoms with Crippen molar-refractivity contribution < 1.29 is 19.4 Å². The highest BCUT2D eigenvalue weighted by molar-refractivity contribution is 9.10. The Bertz CT molecular complexity index is 819. The van der Waals surface area contributed by atoms with Gasteiger partial charge >= 0.3 is 5.97 Å². The van der Waals surface area contributed by atoms with Gasteiger partial charge in [0.2, 0.25) is 0 Å². The standard InChI is InChI=1S/C18H13BrO4/c1-22-17-9-11(2-7-15(17)20)8-13-10-16(23-18(13)21)12-3-5-14(19)6-4-12/h2-10,20H,1H3/b13-8+. The van der Waals surface area contributed by atoms with Crippen molar-refractivity contribution in [1.29, 1.82) is 0 Å². The summed E-state index contributed by atoms with van der Waals surface area (Å²) < 4.78 is 11.3. The van der Waals surface area contributed by atoms with Crippen molar-refractivity contribution in [3.8, 4) is 11.5 Å². The summed E-state index contributed by atoms with van der Waals surface area (Å²) in [5.74, 6) is 0.507. The first-order chi connectivity index (χ1) is 11.1. The van der Waals surface area contributed by atoms with E-state index in [0.717, 1.165) is 15.6 Å². The molecule has 0 radical (unpaired) electrons. The molecule has 0 fully saturated rings. The molecule has 2 aromatic rings. The van der Waals surface area contributed by atoms with E-state index in [1.165, 1.54) is 13.2 Å². The third-order valence-corrected chi connectivity index (χ3v) is 3.91. The van der Waals surface area contributed by atoms with Crippen LogP contribution in [-0.4, -0.2) is 18.2 Å². The summed E-state index contributed by atoms with van der Waals surface area (Å²) in [7, 11) is 1.47. The van der Waals surface area contributed by atoms with Gasteiger partial charge in [-0.3, -0.25) is 0 Å². The Morgan fingerprint density at radius 1 is 1.17 bits per heavy atom. The highest BCUT2D eigenvalue weighted by Crippen LogP contribution is 2.31. The third-order valence-electron chi connectivity index (χ3n) is 3.38. The number of phenolic OH excluding ortho intramolecular Hbond substituents is 1. The number of cyclic esters (lactones) is 1. The number of esters is 1. The SMILES string of the molecule is COc1cc(/C=C2\C=C(c3ccc(Br)cc3)OC2=O)ccc1O. The lowest BCUT2D eigenvalue weighted by molar-refractivity contribution is -0.130. The van der Waals surface area contributed by atoms with Crippen molar-refractivity contribution in [1.82, 2.24) is 0 Å². The molecule has 2 aromatic carbocycles. The first kappa shape index (κ1) is 15.4.